The van der Waals surface area contributed by atoms with Gasteiger partial charge in [0, 0.05) is 25.0 Å². The Morgan fingerprint density at radius 1 is 1.20 bits per heavy atom. The molecule has 2 aromatic rings. The summed E-state index contributed by atoms with van der Waals surface area (Å²) in [4.78, 5) is 28.9. The van der Waals surface area contributed by atoms with Gasteiger partial charge in [0.1, 0.15) is 0 Å². The normalized spacial score (nSPS) is 16.4. The van der Waals surface area contributed by atoms with Crippen LogP contribution in [0.4, 0.5) is 5.69 Å². The molecule has 1 aromatic heterocycles. The maximum absolute atomic E-state index is 12.5. The number of aryl methyl sites for hydroxylation is 1. The van der Waals surface area contributed by atoms with E-state index in [0.29, 0.717) is 23.4 Å². The molecule has 0 spiro atoms. The van der Waals surface area contributed by atoms with Gasteiger partial charge in [0.05, 0.1) is 22.9 Å². The molecule has 6 heteroatoms. The molecule has 25 heavy (non-hydrogen) atoms. The molecule has 1 saturated heterocycles. The van der Waals surface area contributed by atoms with Gasteiger partial charge in [-0.1, -0.05) is 12.1 Å². The monoisotopic (exact) mass is 339 g/mol. The van der Waals surface area contributed by atoms with Gasteiger partial charge in [-0.05, 0) is 44.0 Å². The van der Waals surface area contributed by atoms with Gasteiger partial charge < -0.3 is 15.4 Å². The molecule has 0 radical (unpaired) electrons. The first-order valence-corrected chi connectivity index (χ1v) is 8.36. The van der Waals surface area contributed by atoms with Gasteiger partial charge in [0.2, 0.25) is 0 Å². The van der Waals surface area contributed by atoms with E-state index in [4.69, 9.17) is 4.74 Å². The van der Waals surface area contributed by atoms with E-state index in [1.165, 1.54) is 6.20 Å². The number of nitrogens with zero attached hydrogens (tertiary/aromatic N) is 1. The second-order valence-corrected chi connectivity index (χ2v) is 6.03. The molecule has 3 rings (SSSR count). The van der Waals surface area contributed by atoms with Crippen LogP contribution in [-0.4, -0.2) is 36.1 Å². The standard InChI is InChI=1S/C19H21N3O3/c1-13-8-9-14(11-20-13)18(23)22-17-7-3-2-6-16(17)19(24)21-12-15-5-4-10-25-15/h2-3,6-9,11,15H,4-5,10,12H2,1H3,(H,21,24)(H,22,23). The van der Waals surface area contributed by atoms with Gasteiger partial charge in [-0.25, -0.2) is 0 Å². The number of pyridine rings is 1. The van der Waals surface area contributed by atoms with Crippen LogP contribution in [0, 0.1) is 6.92 Å². The summed E-state index contributed by atoms with van der Waals surface area (Å²) >= 11 is 0. The van der Waals surface area contributed by atoms with Crippen molar-refractivity contribution in [3.8, 4) is 0 Å². The van der Waals surface area contributed by atoms with Crippen LogP contribution in [0.2, 0.25) is 0 Å². The molecule has 0 saturated carbocycles. The van der Waals surface area contributed by atoms with Crippen molar-refractivity contribution < 1.29 is 14.3 Å². The SMILES string of the molecule is Cc1ccc(C(=O)Nc2ccccc2C(=O)NCC2CCCO2)cn1. The third-order valence-corrected chi connectivity index (χ3v) is 4.11. The molecule has 1 aromatic carbocycles. The van der Waals surface area contributed by atoms with E-state index in [1.54, 1.807) is 36.4 Å². The van der Waals surface area contributed by atoms with E-state index in [-0.39, 0.29) is 17.9 Å². The lowest BCUT2D eigenvalue weighted by Crippen LogP contribution is -2.32. The fraction of sp³-hybridized carbons (Fsp3) is 0.316. The summed E-state index contributed by atoms with van der Waals surface area (Å²) in [5, 5.41) is 5.66. The minimum absolute atomic E-state index is 0.0735. The topological polar surface area (TPSA) is 80.3 Å². The Balaban J connectivity index is 1.68. The highest BCUT2D eigenvalue weighted by atomic mass is 16.5. The number of aromatic nitrogens is 1. The van der Waals surface area contributed by atoms with Crippen LogP contribution in [0.15, 0.2) is 42.6 Å². The van der Waals surface area contributed by atoms with Gasteiger partial charge in [0.15, 0.2) is 0 Å². The summed E-state index contributed by atoms with van der Waals surface area (Å²) in [6, 6.07) is 10.4. The van der Waals surface area contributed by atoms with E-state index in [1.807, 2.05) is 6.92 Å². The Kier molecular flexibility index (Phi) is 5.40. The molecule has 130 valence electrons. The van der Waals surface area contributed by atoms with E-state index < -0.39 is 0 Å². The number of hydrogen-bond acceptors (Lipinski definition) is 4. The van der Waals surface area contributed by atoms with Crippen LogP contribution in [0.3, 0.4) is 0 Å². The predicted molar refractivity (Wildman–Crippen MR) is 94.7 cm³/mol. The Bertz CT molecular complexity index is 753. The van der Waals surface area contributed by atoms with Crippen LogP contribution < -0.4 is 10.6 Å². The van der Waals surface area contributed by atoms with Gasteiger partial charge in [-0.15, -0.1) is 0 Å². The molecule has 0 aliphatic carbocycles. The number of benzene rings is 1. The summed E-state index contributed by atoms with van der Waals surface area (Å²) in [5.41, 5.74) is 2.18. The third kappa shape index (κ3) is 4.42. The molecule has 0 bridgehead atoms. The first-order valence-electron chi connectivity index (χ1n) is 8.36. The van der Waals surface area contributed by atoms with Gasteiger partial charge in [-0.3, -0.25) is 14.6 Å². The molecule has 2 amide bonds. The molecule has 6 nitrogen and oxygen atoms in total. The summed E-state index contributed by atoms with van der Waals surface area (Å²) < 4.78 is 5.51. The molecular formula is C19H21N3O3. The fourth-order valence-electron chi connectivity index (χ4n) is 2.69. The maximum Gasteiger partial charge on any atom is 0.257 e. The molecular weight excluding hydrogens is 318 g/mol. The first kappa shape index (κ1) is 17.1. The van der Waals surface area contributed by atoms with Crippen molar-refractivity contribution in [2.75, 3.05) is 18.5 Å². The van der Waals surface area contributed by atoms with Crippen molar-refractivity contribution in [2.24, 2.45) is 0 Å². The number of hydrogen-bond donors (Lipinski definition) is 2. The molecule has 2 heterocycles. The quantitative estimate of drug-likeness (QED) is 0.877. The van der Waals surface area contributed by atoms with Crippen LogP contribution in [0.5, 0.6) is 0 Å². The highest BCUT2D eigenvalue weighted by molar-refractivity contribution is 6.08. The van der Waals surface area contributed by atoms with Crippen molar-refractivity contribution in [3.63, 3.8) is 0 Å². The number of para-hydroxylation sites is 1. The number of nitrogens with one attached hydrogen (secondary N) is 2. The number of anilines is 1. The molecule has 1 fully saturated rings. The minimum atomic E-state index is -0.299. The van der Waals surface area contributed by atoms with Crippen LogP contribution in [-0.2, 0) is 4.74 Å². The highest BCUT2D eigenvalue weighted by Crippen LogP contribution is 2.17. The second kappa shape index (κ2) is 7.90. The van der Waals surface area contributed by atoms with Crippen molar-refractivity contribution >= 4 is 17.5 Å². The third-order valence-electron chi connectivity index (χ3n) is 4.11. The number of ether oxygens (including phenoxy) is 1. The predicted octanol–water partition coefficient (Wildman–Crippen LogP) is 2.55. The molecule has 2 N–H and O–H groups in total. The van der Waals surface area contributed by atoms with E-state index in [0.717, 1.165) is 25.1 Å². The average Bonchev–Trinajstić information content (AvgIpc) is 3.14. The van der Waals surface area contributed by atoms with Gasteiger partial charge >= 0.3 is 0 Å². The number of carbonyl (C=O) groups is 2. The molecule has 1 unspecified atom stereocenters. The highest BCUT2D eigenvalue weighted by Gasteiger charge is 2.18. The van der Waals surface area contributed by atoms with Gasteiger partial charge in [0.25, 0.3) is 11.8 Å². The van der Waals surface area contributed by atoms with E-state index in [9.17, 15) is 9.59 Å². The van der Waals surface area contributed by atoms with E-state index >= 15 is 0 Å². The van der Waals surface area contributed by atoms with Crippen LogP contribution in [0.1, 0.15) is 39.3 Å². The molecule has 1 aliphatic heterocycles. The van der Waals surface area contributed by atoms with E-state index in [2.05, 4.69) is 15.6 Å². The van der Waals surface area contributed by atoms with Crippen LogP contribution in [0.25, 0.3) is 0 Å². The summed E-state index contributed by atoms with van der Waals surface area (Å²) in [5.74, 6) is -0.527. The lowest BCUT2D eigenvalue weighted by molar-refractivity contribution is 0.0858. The fourth-order valence-corrected chi connectivity index (χ4v) is 2.69. The first-order chi connectivity index (χ1) is 12.1. The second-order valence-electron chi connectivity index (χ2n) is 6.03. The number of carbonyl (C=O) groups excluding carboxylic acids is 2. The Morgan fingerprint density at radius 3 is 2.76 bits per heavy atom. The molecule has 1 atom stereocenters. The minimum Gasteiger partial charge on any atom is -0.376 e. The summed E-state index contributed by atoms with van der Waals surface area (Å²) in [7, 11) is 0. The lowest BCUT2D eigenvalue weighted by atomic mass is 10.1. The average molecular weight is 339 g/mol. The number of amides is 2. The Labute approximate surface area is 146 Å². The Hall–Kier alpha value is -2.73. The van der Waals surface area contributed by atoms with Crippen LogP contribution >= 0.6 is 0 Å². The summed E-state index contributed by atoms with van der Waals surface area (Å²) in [6.07, 6.45) is 3.58. The van der Waals surface area contributed by atoms with Crippen molar-refractivity contribution in [1.29, 1.82) is 0 Å². The zero-order valence-electron chi connectivity index (χ0n) is 14.1. The molecule has 1 aliphatic rings. The van der Waals surface area contributed by atoms with Gasteiger partial charge in [-0.2, -0.15) is 0 Å². The smallest absolute Gasteiger partial charge is 0.257 e. The zero-order valence-corrected chi connectivity index (χ0v) is 14.1. The van der Waals surface area contributed by atoms with Crippen molar-refractivity contribution in [2.45, 2.75) is 25.9 Å². The maximum atomic E-state index is 12.5. The lowest BCUT2D eigenvalue weighted by Gasteiger charge is -2.13. The Morgan fingerprint density at radius 2 is 2.04 bits per heavy atom. The van der Waals surface area contributed by atoms with Crippen molar-refractivity contribution in [1.82, 2.24) is 10.3 Å². The largest absolute Gasteiger partial charge is 0.376 e. The summed E-state index contributed by atoms with van der Waals surface area (Å²) in [6.45, 7) is 3.08. The van der Waals surface area contributed by atoms with Crippen molar-refractivity contribution in [3.05, 3.63) is 59.4 Å². The number of rotatable bonds is 5. The zero-order chi connectivity index (χ0) is 17.6.